The number of likely N-dealkylation sites (tertiary alicyclic amines) is 1. The fourth-order valence-corrected chi connectivity index (χ4v) is 6.21. The molecular weight excluding hydrogens is 574 g/mol. The fourth-order valence-electron chi connectivity index (χ4n) is 5.85. The average molecular weight is 605 g/mol. The maximum Gasteiger partial charge on any atom is 0.266 e. The first kappa shape index (κ1) is 25.9. The number of benzene rings is 4. The zero-order valence-corrected chi connectivity index (χ0v) is 24.5. The van der Waals surface area contributed by atoms with Crippen LogP contribution in [-0.2, 0) is 6.67 Å². The van der Waals surface area contributed by atoms with Crippen molar-refractivity contribution in [2.75, 3.05) is 13.1 Å². The zero-order valence-electron chi connectivity index (χ0n) is 22.9. The summed E-state index contributed by atoms with van der Waals surface area (Å²) >= 11 is 3.55. The lowest BCUT2D eigenvalue weighted by Gasteiger charge is -2.31. The molecule has 0 spiro atoms. The summed E-state index contributed by atoms with van der Waals surface area (Å²) in [5, 5.41) is 0.560. The molecule has 6 aromatic rings. The summed E-state index contributed by atoms with van der Waals surface area (Å²) in [6.07, 6.45) is 2.40. The molecule has 1 aliphatic heterocycles. The highest BCUT2D eigenvalue weighted by atomic mass is 79.9. The molecule has 0 saturated carbocycles. The van der Waals surface area contributed by atoms with Crippen LogP contribution in [0.5, 0.6) is 0 Å². The smallest absolute Gasteiger partial charge is 0.266 e. The normalized spacial score (nSPS) is 14.7. The van der Waals surface area contributed by atoms with E-state index in [-0.39, 0.29) is 5.56 Å². The van der Waals surface area contributed by atoms with Gasteiger partial charge in [-0.1, -0.05) is 77.5 Å². The Morgan fingerprint density at radius 1 is 0.805 bits per heavy atom. The van der Waals surface area contributed by atoms with Gasteiger partial charge in [0.1, 0.15) is 11.6 Å². The number of imidazole rings is 1. The third-order valence-electron chi connectivity index (χ3n) is 8.12. The molecule has 4 aromatic carbocycles. The third-order valence-corrected chi connectivity index (χ3v) is 8.61. The number of fused-ring (bicyclic) bond motifs is 2. The van der Waals surface area contributed by atoms with Gasteiger partial charge in [0.05, 0.1) is 34.3 Å². The predicted octanol–water partition coefficient (Wildman–Crippen LogP) is 7.52. The van der Waals surface area contributed by atoms with E-state index >= 15 is 0 Å². The van der Waals surface area contributed by atoms with E-state index in [1.54, 1.807) is 4.57 Å². The van der Waals surface area contributed by atoms with E-state index in [4.69, 9.17) is 9.97 Å². The molecule has 1 aliphatic rings. The Hall–Kier alpha value is -4.07. The number of hydrogen-bond acceptors (Lipinski definition) is 4. The summed E-state index contributed by atoms with van der Waals surface area (Å²) in [4.78, 5) is 27.0. The van der Waals surface area contributed by atoms with E-state index in [0.29, 0.717) is 16.7 Å². The molecule has 3 heterocycles. The van der Waals surface area contributed by atoms with Crippen molar-refractivity contribution in [2.24, 2.45) is 5.92 Å². The maximum atomic E-state index is 14.3. The molecule has 2 aromatic heterocycles. The first-order valence-corrected chi connectivity index (χ1v) is 14.9. The summed E-state index contributed by atoms with van der Waals surface area (Å²) in [5.74, 6) is 2.21. The van der Waals surface area contributed by atoms with Crippen molar-refractivity contribution in [1.82, 2.24) is 24.0 Å². The number of aromatic nitrogens is 4. The van der Waals surface area contributed by atoms with Crippen molar-refractivity contribution in [1.29, 1.82) is 0 Å². The molecule has 1 saturated heterocycles. The number of piperidine rings is 1. The Morgan fingerprint density at radius 3 is 2.34 bits per heavy atom. The first-order valence-electron chi connectivity index (χ1n) is 14.1. The number of hydrogen-bond donors (Lipinski definition) is 0. The quantitative estimate of drug-likeness (QED) is 0.204. The van der Waals surface area contributed by atoms with Gasteiger partial charge in [0.2, 0.25) is 0 Å². The van der Waals surface area contributed by atoms with Crippen LogP contribution in [0, 0.1) is 5.92 Å². The molecule has 41 heavy (non-hydrogen) atoms. The molecule has 6 nitrogen and oxygen atoms in total. The molecule has 0 amide bonds. The van der Waals surface area contributed by atoms with Gasteiger partial charge in [-0.3, -0.25) is 14.3 Å². The summed E-state index contributed by atoms with van der Waals surface area (Å²) in [6, 6.07) is 31.9. The molecule has 0 aliphatic carbocycles. The van der Waals surface area contributed by atoms with Crippen LogP contribution < -0.4 is 5.56 Å². The number of nitrogens with zero attached hydrogens (tertiary/aromatic N) is 5. The van der Waals surface area contributed by atoms with Gasteiger partial charge in [-0.05, 0) is 61.2 Å². The fraction of sp³-hybridized carbons (Fsp3) is 0.206. The minimum atomic E-state index is -0.115. The monoisotopic (exact) mass is 603 g/mol. The molecule has 7 heteroatoms. The van der Waals surface area contributed by atoms with E-state index in [2.05, 4.69) is 56.6 Å². The Kier molecular flexibility index (Phi) is 6.77. The summed E-state index contributed by atoms with van der Waals surface area (Å²) in [6.45, 7) is 5.22. The summed E-state index contributed by atoms with van der Waals surface area (Å²) < 4.78 is 4.91. The van der Waals surface area contributed by atoms with Crippen LogP contribution in [0.25, 0.3) is 50.4 Å². The van der Waals surface area contributed by atoms with Crippen molar-refractivity contribution >= 4 is 37.9 Å². The van der Waals surface area contributed by atoms with Crippen molar-refractivity contribution in [3.05, 3.63) is 112 Å². The molecule has 0 bridgehead atoms. The van der Waals surface area contributed by atoms with Crippen LogP contribution in [0.3, 0.4) is 0 Å². The van der Waals surface area contributed by atoms with Crippen LogP contribution in [0.2, 0.25) is 0 Å². The maximum absolute atomic E-state index is 14.3. The molecule has 0 N–H and O–H groups in total. The molecular formula is C34H30BrN5O. The minimum absolute atomic E-state index is 0.115. The largest absolute Gasteiger partial charge is 0.310 e. The van der Waals surface area contributed by atoms with Crippen LogP contribution in [0.15, 0.2) is 106 Å². The second-order valence-corrected chi connectivity index (χ2v) is 11.8. The van der Waals surface area contributed by atoms with Crippen LogP contribution in [0.1, 0.15) is 19.8 Å². The topological polar surface area (TPSA) is 56.0 Å². The Morgan fingerprint density at radius 2 is 1.51 bits per heavy atom. The van der Waals surface area contributed by atoms with Crippen molar-refractivity contribution in [3.63, 3.8) is 0 Å². The van der Waals surface area contributed by atoms with E-state index in [1.165, 1.54) is 12.8 Å². The van der Waals surface area contributed by atoms with Crippen molar-refractivity contribution in [3.8, 4) is 28.5 Å². The molecule has 0 atom stereocenters. The van der Waals surface area contributed by atoms with E-state index < -0.39 is 0 Å². The van der Waals surface area contributed by atoms with Gasteiger partial charge in [0.15, 0.2) is 0 Å². The Labute approximate surface area is 247 Å². The lowest BCUT2D eigenvalue weighted by atomic mass is 10.00. The molecule has 0 unspecified atom stereocenters. The van der Waals surface area contributed by atoms with Gasteiger partial charge < -0.3 is 4.57 Å². The molecule has 204 valence electrons. The van der Waals surface area contributed by atoms with Gasteiger partial charge in [-0.15, -0.1) is 0 Å². The highest BCUT2D eigenvalue weighted by molar-refractivity contribution is 9.10. The molecule has 7 rings (SSSR count). The van der Waals surface area contributed by atoms with Crippen LogP contribution in [-0.4, -0.2) is 37.1 Å². The second-order valence-electron chi connectivity index (χ2n) is 10.9. The number of rotatable bonds is 5. The summed E-state index contributed by atoms with van der Waals surface area (Å²) in [5.41, 5.74) is 5.11. The van der Waals surface area contributed by atoms with E-state index in [0.717, 1.165) is 63.8 Å². The SMILES string of the molecule is CC1CCN(Cn2c(-c3ccccc3-n3c(-c4ccccc4)nc4ccc(Br)cc4c3=O)nc3ccccc32)CC1. The lowest BCUT2D eigenvalue weighted by Crippen LogP contribution is -2.34. The van der Waals surface area contributed by atoms with Crippen molar-refractivity contribution < 1.29 is 0 Å². The van der Waals surface area contributed by atoms with Gasteiger partial charge >= 0.3 is 0 Å². The van der Waals surface area contributed by atoms with Gasteiger partial charge in [0.25, 0.3) is 5.56 Å². The Balaban J connectivity index is 1.48. The van der Waals surface area contributed by atoms with Crippen molar-refractivity contribution in [2.45, 2.75) is 26.4 Å². The second kappa shape index (κ2) is 10.7. The highest BCUT2D eigenvalue weighted by Crippen LogP contribution is 2.33. The number of para-hydroxylation sites is 3. The lowest BCUT2D eigenvalue weighted by molar-refractivity contribution is 0.157. The minimum Gasteiger partial charge on any atom is -0.310 e. The highest BCUT2D eigenvalue weighted by Gasteiger charge is 2.23. The third kappa shape index (κ3) is 4.79. The predicted molar refractivity (Wildman–Crippen MR) is 169 cm³/mol. The van der Waals surface area contributed by atoms with Gasteiger partial charge in [-0.25, -0.2) is 9.97 Å². The van der Waals surface area contributed by atoms with Crippen LogP contribution >= 0.6 is 15.9 Å². The van der Waals surface area contributed by atoms with E-state index in [9.17, 15) is 4.79 Å². The molecule has 0 radical (unpaired) electrons. The van der Waals surface area contributed by atoms with E-state index in [1.807, 2.05) is 72.8 Å². The van der Waals surface area contributed by atoms with Crippen LogP contribution in [0.4, 0.5) is 0 Å². The van der Waals surface area contributed by atoms with Gasteiger partial charge in [0, 0.05) is 28.7 Å². The number of halogens is 1. The standard InChI is InChI=1S/C34H30BrN5O/c1-23-17-19-38(20-18-23)22-39-31-14-8-6-12-29(31)37-33(39)26-11-5-7-13-30(26)40-32(24-9-3-2-4-10-24)36-28-16-15-25(35)21-27(28)34(40)41/h2-16,21,23H,17-20,22H2,1H3. The Bertz CT molecular complexity index is 1940. The molecule has 1 fully saturated rings. The summed E-state index contributed by atoms with van der Waals surface area (Å²) in [7, 11) is 0. The average Bonchev–Trinajstić information content (AvgIpc) is 3.37. The zero-order chi connectivity index (χ0) is 27.9. The first-order chi connectivity index (χ1) is 20.1. The van der Waals surface area contributed by atoms with Gasteiger partial charge in [-0.2, -0.15) is 0 Å².